The van der Waals surface area contributed by atoms with E-state index in [1.54, 1.807) is 0 Å². The molecule has 0 aromatic carbocycles. The maximum Gasteiger partial charge on any atom is 0.176 e. The van der Waals surface area contributed by atoms with Gasteiger partial charge >= 0.3 is 0 Å². The van der Waals surface area contributed by atoms with Gasteiger partial charge in [-0.25, -0.2) is 16.8 Å². The van der Waals surface area contributed by atoms with Crippen LogP contribution in [0.25, 0.3) is 0 Å². The van der Waals surface area contributed by atoms with Gasteiger partial charge in [-0.15, -0.1) is 0 Å². The summed E-state index contributed by atoms with van der Waals surface area (Å²) in [5.41, 5.74) is 0. The van der Waals surface area contributed by atoms with Crippen LogP contribution in [0.2, 0.25) is 0 Å². The van der Waals surface area contributed by atoms with E-state index in [2.05, 4.69) is 0 Å². The van der Waals surface area contributed by atoms with Crippen molar-refractivity contribution in [2.24, 2.45) is 0 Å². The fraction of sp³-hybridized carbons (Fsp3) is 0.800. The molecule has 7 heteroatoms. The molecule has 0 amide bonds. The summed E-state index contributed by atoms with van der Waals surface area (Å²) in [7, 11) is -6.73. The molecule has 0 N–H and O–H groups in total. The van der Waals surface area contributed by atoms with E-state index < -0.39 is 19.7 Å². The van der Waals surface area contributed by atoms with Gasteiger partial charge in [-0.05, 0) is 19.8 Å². The summed E-state index contributed by atoms with van der Waals surface area (Å²) >= 11 is 0. The number of sulfone groups is 2. The summed E-state index contributed by atoms with van der Waals surface area (Å²) in [6.45, 7) is 2.36. The topological polar surface area (TPSA) is 77.5 Å². The third-order valence-corrected chi connectivity index (χ3v) is 7.43. The number of rotatable bonds is 2. The minimum Gasteiger partial charge on any atom is -0.378 e. The Labute approximate surface area is 102 Å². The Hall–Kier alpha value is -0.400. The molecule has 0 saturated heterocycles. The summed E-state index contributed by atoms with van der Waals surface area (Å²) < 4.78 is 52.8. The van der Waals surface area contributed by atoms with Crippen LogP contribution in [0, 0.1) is 0 Å². The highest BCUT2D eigenvalue weighted by Gasteiger charge is 2.39. The Kier molecular flexibility index (Phi) is 3.35. The van der Waals surface area contributed by atoms with Gasteiger partial charge < -0.3 is 4.74 Å². The first-order valence-corrected chi connectivity index (χ1v) is 8.96. The van der Waals surface area contributed by atoms with Crippen LogP contribution in [-0.4, -0.2) is 41.1 Å². The molecule has 1 aliphatic heterocycles. The second-order valence-electron chi connectivity index (χ2n) is 4.30. The third kappa shape index (κ3) is 2.41. The summed E-state index contributed by atoms with van der Waals surface area (Å²) in [6.07, 6.45) is 0.926. The third-order valence-electron chi connectivity index (χ3n) is 3.19. The molecule has 0 aromatic heterocycles. The van der Waals surface area contributed by atoms with E-state index in [-0.39, 0.29) is 33.8 Å². The first kappa shape index (κ1) is 13.0. The predicted octanol–water partition coefficient (Wildman–Crippen LogP) is 0.630. The average Bonchev–Trinajstić information content (AvgIpc) is 2.26. The molecule has 17 heavy (non-hydrogen) atoms. The highest BCUT2D eigenvalue weighted by Crippen LogP contribution is 2.37. The molecule has 1 aliphatic carbocycles. The van der Waals surface area contributed by atoms with Crippen LogP contribution >= 0.6 is 0 Å². The van der Waals surface area contributed by atoms with Crippen LogP contribution in [0.5, 0.6) is 0 Å². The van der Waals surface area contributed by atoms with E-state index in [1.165, 1.54) is 0 Å². The van der Waals surface area contributed by atoms with E-state index in [1.807, 2.05) is 6.92 Å². The first-order chi connectivity index (χ1) is 7.87. The normalized spacial score (nSPS) is 31.0. The lowest BCUT2D eigenvalue weighted by Gasteiger charge is -2.29. The summed E-state index contributed by atoms with van der Waals surface area (Å²) in [4.78, 5) is 0.244. The van der Waals surface area contributed by atoms with Crippen molar-refractivity contribution in [3.05, 3.63) is 9.81 Å². The standard InChI is InChI=1S/C10H16O5S2/c1-2-15-8-3-4-9-10(7-8)17(13,14)6-5-16(9,11)12/h8H,2-7H2,1H3. The second-order valence-corrected chi connectivity index (χ2v) is 8.57. The minimum absolute atomic E-state index is 0.105. The Morgan fingerprint density at radius 1 is 1.12 bits per heavy atom. The molecule has 2 aliphatic rings. The largest absolute Gasteiger partial charge is 0.378 e. The van der Waals surface area contributed by atoms with Crippen molar-refractivity contribution in [1.82, 2.24) is 0 Å². The van der Waals surface area contributed by atoms with Crippen molar-refractivity contribution in [3.63, 3.8) is 0 Å². The van der Waals surface area contributed by atoms with Gasteiger partial charge in [-0.1, -0.05) is 0 Å². The SMILES string of the molecule is CCOC1CCC2=C(C1)S(=O)(=O)CCS2(=O)=O. The summed E-state index contributed by atoms with van der Waals surface area (Å²) in [5, 5.41) is 0. The van der Waals surface area contributed by atoms with Crippen LogP contribution in [0.4, 0.5) is 0 Å². The number of hydrogen-bond donors (Lipinski definition) is 0. The van der Waals surface area contributed by atoms with Crippen molar-refractivity contribution in [1.29, 1.82) is 0 Å². The zero-order valence-corrected chi connectivity index (χ0v) is 11.3. The molecule has 1 heterocycles. The average molecular weight is 280 g/mol. The van der Waals surface area contributed by atoms with Gasteiger partial charge in [0.2, 0.25) is 0 Å². The van der Waals surface area contributed by atoms with Crippen molar-refractivity contribution in [3.8, 4) is 0 Å². The highest BCUT2D eigenvalue weighted by molar-refractivity contribution is 8.02. The molecule has 2 rings (SSSR count). The van der Waals surface area contributed by atoms with Crippen LogP contribution in [0.15, 0.2) is 9.81 Å². The molecule has 5 nitrogen and oxygen atoms in total. The lowest BCUT2D eigenvalue weighted by atomic mass is 10.0. The van der Waals surface area contributed by atoms with Crippen LogP contribution in [0.3, 0.4) is 0 Å². The maximum absolute atomic E-state index is 11.9. The van der Waals surface area contributed by atoms with Gasteiger partial charge in [-0.2, -0.15) is 0 Å². The molecule has 0 saturated carbocycles. The molecular formula is C10H16O5S2. The van der Waals surface area contributed by atoms with Crippen molar-refractivity contribution < 1.29 is 21.6 Å². The number of hydrogen-bond acceptors (Lipinski definition) is 5. The van der Waals surface area contributed by atoms with Crippen LogP contribution < -0.4 is 0 Å². The molecule has 1 unspecified atom stereocenters. The minimum atomic E-state index is -3.39. The molecule has 0 aromatic rings. The molecular weight excluding hydrogens is 264 g/mol. The van der Waals surface area contributed by atoms with Crippen LogP contribution in [0.1, 0.15) is 26.2 Å². The van der Waals surface area contributed by atoms with Gasteiger partial charge in [0.05, 0.1) is 27.4 Å². The predicted molar refractivity (Wildman–Crippen MR) is 63.9 cm³/mol. The smallest absolute Gasteiger partial charge is 0.176 e. The van der Waals surface area contributed by atoms with Crippen LogP contribution in [-0.2, 0) is 24.4 Å². The fourth-order valence-corrected chi connectivity index (χ4v) is 7.09. The Morgan fingerprint density at radius 3 is 2.29 bits per heavy atom. The fourth-order valence-electron chi connectivity index (χ4n) is 2.33. The zero-order chi connectivity index (χ0) is 12.7. The zero-order valence-electron chi connectivity index (χ0n) is 9.68. The van der Waals surface area contributed by atoms with Gasteiger partial charge in [0.1, 0.15) is 0 Å². The molecule has 0 fully saturated rings. The van der Waals surface area contributed by atoms with Gasteiger partial charge in [0, 0.05) is 13.0 Å². The molecule has 98 valence electrons. The van der Waals surface area contributed by atoms with Crippen molar-refractivity contribution in [2.45, 2.75) is 32.3 Å². The molecule has 0 bridgehead atoms. The van der Waals surface area contributed by atoms with Gasteiger partial charge in [0.25, 0.3) is 0 Å². The highest BCUT2D eigenvalue weighted by atomic mass is 32.2. The van der Waals surface area contributed by atoms with E-state index in [0.29, 0.717) is 19.4 Å². The number of allylic oxidation sites excluding steroid dienone is 1. The Bertz CT molecular complexity index is 541. The summed E-state index contributed by atoms with van der Waals surface area (Å²) in [5.74, 6) is -0.555. The monoisotopic (exact) mass is 280 g/mol. The second kappa shape index (κ2) is 4.37. The lowest BCUT2D eigenvalue weighted by molar-refractivity contribution is 0.0556. The molecule has 0 radical (unpaired) electrons. The quantitative estimate of drug-likeness (QED) is 0.741. The van der Waals surface area contributed by atoms with Crippen molar-refractivity contribution in [2.75, 3.05) is 18.1 Å². The van der Waals surface area contributed by atoms with E-state index in [0.717, 1.165) is 0 Å². The lowest BCUT2D eigenvalue weighted by Crippen LogP contribution is -2.33. The van der Waals surface area contributed by atoms with Gasteiger partial charge in [0.15, 0.2) is 19.7 Å². The van der Waals surface area contributed by atoms with E-state index in [4.69, 9.17) is 4.74 Å². The Morgan fingerprint density at radius 2 is 1.71 bits per heavy atom. The Balaban J connectivity index is 2.43. The number of ether oxygens (including phenoxy) is 1. The first-order valence-electron chi connectivity index (χ1n) is 5.66. The van der Waals surface area contributed by atoms with E-state index in [9.17, 15) is 16.8 Å². The van der Waals surface area contributed by atoms with E-state index >= 15 is 0 Å². The van der Waals surface area contributed by atoms with Crippen molar-refractivity contribution >= 4 is 19.7 Å². The van der Waals surface area contributed by atoms with Gasteiger partial charge in [-0.3, -0.25) is 0 Å². The maximum atomic E-state index is 11.9. The summed E-state index contributed by atoms with van der Waals surface area (Å²) in [6, 6.07) is 0. The molecule has 1 atom stereocenters. The molecule has 0 spiro atoms.